The topological polar surface area (TPSA) is 58.6 Å². The number of hydrazine groups is 1. The number of nitrogens with zero attached hydrogens (tertiary/aromatic N) is 1. The lowest BCUT2D eigenvalue weighted by atomic mass is 10.1. The second kappa shape index (κ2) is 8.51. The summed E-state index contributed by atoms with van der Waals surface area (Å²) in [4.78, 5) is 25.0. The molecule has 5 nitrogen and oxygen atoms in total. The summed E-state index contributed by atoms with van der Waals surface area (Å²) in [6, 6.07) is 20.3. The van der Waals surface area contributed by atoms with E-state index in [0.717, 1.165) is 0 Å². The average molecular weight is 467 g/mol. The summed E-state index contributed by atoms with van der Waals surface area (Å²) in [5, 5.41) is 1.22. The Morgan fingerprint density at radius 1 is 1.00 bits per heavy atom. The molecule has 3 aromatic rings. The highest BCUT2D eigenvalue weighted by molar-refractivity contribution is 9.10. The van der Waals surface area contributed by atoms with Gasteiger partial charge in [0.25, 0.3) is 11.8 Å². The van der Waals surface area contributed by atoms with Crippen LogP contribution >= 0.6 is 15.9 Å². The Hall–Kier alpha value is -3.45. The number of nitrogens with one attached hydrogen (secondary N) is 1. The van der Waals surface area contributed by atoms with Gasteiger partial charge in [-0.25, -0.2) is 9.40 Å². The Balaban J connectivity index is 1.50. The number of amides is 2. The Morgan fingerprint density at radius 2 is 1.80 bits per heavy atom. The molecule has 0 unspecified atom stereocenters. The molecule has 2 amide bonds. The van der Waals surface area contributed by atoms with Crippen LogP contribution in [0, 0.1) is 5.82 Å². The van der Waals surface area contributed by atoms with Crippen LogP contribution in [-0.4, -0.2) is 11.8 Å². The molecule has 0 spiro atoms. The largest absolute Gasteiger partial charge is 0.488 e. The number of carbonyl (C=O) groups is 2. The molecule has 30 heavy (non-hydrogen) atoms. The molecule has 0 saturated carbocycles. The van der Waals surface area contributed by atoms with Crippen LogP contribution in [-0.2, 0) is 16.2 Å². The van der Waals surface area contributed by atoms with Crippen LogP contribution < -0.4 is 15.2 Å². The summed E-state index contributed by atoms with van der Waals surface area (Å²) < 4.78 is 19.7. The molecule has 1 aliphatic rings. The van der Waals surface area contributed by atoms with Gasteiger partial charge in [0.15, 0.2) is 0 Å². The molecule has 1 fully saturated rings. The molecular formula is C23H16BrFN2O3. The number of benzene rings is 3. The van der Waals surface area contributed by atoms with Crippen molar-refractivity contribution in [1.82, 2.24) is 5.43 Å². The number of anilines is 1. The SMILES string of the molecule is O=C1NN(c2ccccc2)C(=O)C1=Cc1ccc(OCc2cccc(F)c2)c(Br)c1. The fourth-order valence-electron chi connectivity index (χ4n) is 2.99. The van der Waals surface area contributed by atoms with Gasteiger partial charge in [-0.05, 0) is 69.5 Å². The summed E-state index contributed by atoms with van der Waals surface area (Å²) in [5.74, 6) is -0.643. The molecule has 0 bridgehead atoms. The fraction of sp³-hybridized carbons (Fsp3) is 0.0435. The quantitative estimate of drug-likeness (QED) is 0.440. The standard InChI is InChI=1S/C23H16BrFN2O3/c24-20-13-15(9-10-21(20)30-14-16-5-4-6-17(25)11-16)12-19-22(28)26-27(23(19)29)18-7-2-1-3-8-18/h1-13H,14H2,(H,26,28). The third kappa shape index (κ3) is 4.26. The van der Waals surface area contributed by atoms with Gasteiger partial charge in [0.2, 0.25) is 0 Å². The van der Waals surface area contributed by atoms with E-state index in [4.69, 9.17) is 4.74 Å². The summed E-state index contributed by atoms with van der Waals surface area (Å²) in [6.45, 7) is 0.212. The van der Waals surface area contributed by atoms with Gasteiger partial charge in [0, 0.05) is 0 Å². The molecule has 0 aliphatic carbocycles. The van der Waals surface area contributed by atoms with Gasteiger partial charge in [0.05, 0.1) is 10.2 Å². The lowest BCUT2D eigenvalue weighted by Crippen LogP contribution is -2.35. The number of rotatable bonds is 5. The van der Waals surface area contributed by atoms with Crippen LogP contribution in [0.1, 0.15) is 11.1 Å². The first-order valence-corrected chi connectivity index (χ1v) is 9.89. The Morgan fingerprint density at radius 3 is 2.53 bits per heavy atom. The second-order valence-corrected chi connectivity index (χ2v) is 7.44. The van der Waals surface area contributed by atoms with E-state index in [9.17, 15) is 14.0 Å². The molecule has 7 heteroatoms. The zero-order valence-electron chi connectivity index (χ0n) is 15.6. The maximum absolute atomic E-state index is 13.3. The molecule has 4 rings (SSSR count). The van der Waals surface area contributed by atoms with E-state index in [-0.39, 0.29) is 18.0 Å². The van der Waals surface area contributed by atoms with Crippen LogP contribution in [0.15, 0.2) is 82.8 Å². The fourth-order valence-corrected chi connectivity index (χ4v) is 3.51. The van der Waals surface area contributed by atoms with Crippen LogP contribution in [0.25, 0.3) is 6.08 Å². The van der Waals surface area contributed by atoms with E-state index in [2.05, 4.69) is 21.4 Å². The predicted octanol–water partition coefficient (Wildman–Crippen LogP) is 4.63. The molecule has 1 aliphatic heterocycles. The van der Waals surface area contributed by atoms with Crippen LogP contribution in [0.5, 0.6) is 5.75 Å². The number of hydrogen-bond donors (Lipinski definition) is 1. The van der Waals surface area contributed by atoms with Gasteiger partial charge in [-0.3, -0.25) is 15.0 Å². The summed E-state index contributed by atoms with van der Waals surface area (Å²) in [7, 11) is 0. The van der Waals surface area contributed by atoms with E-state index >= 15 is 0 Å². The van der Waals surface area contributed by atoms with Crippen molar-refractivity contribution in [2.75, 3.05) is 5.01 Å². The van der Waals surface area contributed by atoms with Crippen LogP contribution in [0.4, 0.5) is 10.1 Å². The molecule has 1 saturated heterocycles. The smallest absolute Gasteiger partial charge is 0.282 e. The number of hydrogen-bond acceptors (Lipinski definition) is 3. The molecule has 0 atom stereocenters. The Labute approximate surface area is 180 Å². The minimum atomic E-state index is -0.466. The maximum atomic E-state index is 13.3. The van der Waals surface area contributed by atoms with Crippen molar-refractivity contribution >= 4 is 39.5 Å². The van der Waals surface area contributed by atoms with E-state index < -0.39 is 11.8 Å². The monoisotopic (exact) mass is 466 g/mol. The molecule has 1 heterocycles. The highest BCUT2D eigenvalue weighted by atomic mass is 79.9. The minimum absolute atomic E-state index is 0.0409. The zero-order chi connectivity index (χ0) is 21.1. The third-order valence-corrected chi connectivity index (χ3v) is 5.08. The van der Waals surface area contributed by atoms with Crippen LogP contribution in [0.2, 0.25) is 0 Å². The molecule has 3 aromatic carbocycles. The Bertz CT molecular complexity index is 1150. The summed E-state index contributed by atoms with van der Waals surface area (Å²) in [6.07, 6.45) is 1.53. The second-order valence-electron chi connectivity index (χ2n) is 6.58. The van der Waals surface area contributed by atoms with Crippen molar-refractivity contribution in [2.45, 2.75) is 6.61 Å². The van der Waals surface area contributed by atoms with Crippen molar-refractivity contribution in [3.63, 3.8) is 0 Å². The summed E-state index contributed by atoms with van der Waals surface area (Å²) in [5.41, 5.74) is 4.57. The van der Waals surface area contributed by atoms with E-state index in [0.29, 0.717) is 27.0 Å². The van der Waals surface area contributed by atoms with E-state index in [1.165, 1.54) is 23.2 Å². The number of halogens is 2. The number of para-hydroxylation sites is 1. The average Bonchev–Trinajstić information content (AvgIpc) is 3.02. The van der Waals surface area contributed by atoms with E-state index in [1.807, 2.05) is 6.07 Å². The van der Waals surface area contributed by atoms with Crippen molar-refractivity contribution < 1.29 is 18.7 Å². The lowest BCUT2D eigenvalue weighted by Gasteiger charge is -2.13. The van der Waals surface area contributed by atoms with Crippen molar-refractivity contribution in [1.29, 1.82) is 0 Å². The number of carbonyl (C=O) groups excluding carboxylic acids is 2. The normalized spacial score (nSPS) is 14.9. The van der Waals surface area contributed by atoms with Crippen LogP contribution in [0.3, 0.4) is 0 Å². The number of ether oxygens (including phenoxy) is 1. The van der Waals surface area contributed by atoms with Crippen molar-refractivity contribution in [2.24, 2.45) is 0 Å². The molecule has 1 N–H and O–H groups in total. The molecule has 0 aromatic heterocycles. The molecular weight excluding hydrogens is 451 g/mol. The predicted molar refractivity (Wildman–Crippen MR) is 115 cm³/mol. The summed E-state index contributed by atoms with van der Waals surface area (Å²) >= 11 is 3.44. The first-order valence-electron chi connectivity index (χ1n) is 9.10. The zero-order valence-corrected chi connectivity index (χ0v) is 17.2. The lowest BCUT2D eigenvalue weighted by molar-refractivity contribution is -0.117. The van der Waals surface area contributed by atoms with Gasteiger partial charge in [0.1, 0.15) is 23.7 Å². The Kier molecular flexibility index (Phi) is 5.63. The van der Waals surface area contributed by atoms with E-state index in [1.54, 1.807) is 54.6 Å². The first-order chi connectivity index (χ1) is 14.5. The van der Waals surface area contributed by atoms with Gasteiger partial charge < -0.3 is 4.74 Å². The maximum Gasteiger partial charge on any atom is 0.282 e. The van der Waals surface area contributed by atoms with Crippen molar-refractivity contribution in [3.05, 3.63) is 99.8 Å². The third-order valence-electron chi connectivity index (χ3n) is 4.46. The highest BCUT2D eigenvalue weighted by Gasteiger charge is 2.34. The minimum Gasteiger partial charge on any atom is -0.488 e. The van der Waals surface area contributed by atoms with Gasteiger partial charge in [-0.15, -0.1) is 0 Å². The van der Waals surface area contributed by atoms with Gasteiger partial charge in [-0.2, -0.15) is 0 Å². The first kappa shape index (κ1) is 19.8. The highest BCUT2D eigenvalue weighted by Crippen LogP contribution is 2.29. The van der Waals surface area contributed by atoms with Crippen molar-refractivity contribution in [3.8, 4) is 5.75 Å². The molecule has 150 valence electrons. The van der Waals surface area contributed by atoms with Gasteiger partial charge in [-0.1, -0.05) is 36.4 Å². The molecule has 0 radical (unpaired) electrons. The van der Waals surface area contributed by atoms with Gasteiger partial charge >= 0.3 is 0 Å².